The van der Waals surface area contributed by atoms with E-state index in [9.17, 15) is 18.5 Å². The lowest BCUT2D eigenvalue weighted by Crippen LogP contribution is -2.26. The van der Waals surface area contributed by atoms with E-state index in [1.807, 2.05) is 6.92 Å². The van der Waals surface area contributed by atoms with E-state index < -0.39 is 14.9 Å². The highest BCUT2D eigenvalue weighted by molar-refractivity contribution is 7.89. The SMILES string of the molecule is CCOc1ccc(S(=O)(=O)N(C)Cc2ccccc2[N+](=O)[O-])cc1. The summed E-state index contributed by atoms with van der Waals surface area (Å²) in [5.41, 5.74) is 0.228. The van der Waals surface area contributed by atoms with Crippen LogP contribution in [0.5, 0.6) is 5.75 Å². The molecule has 0 unspecified atom stereocenters. The minimum Gasteiger partial charge on any atom is -0.494 e. The molecule has 0 saturated heterocycles. The maximum Gasteiger partial charge on any atom is 0.273 e. The molecule has 0 aliphatic rings. The number of sulfonamides is 1. The van der Waals surface area contributed by atoms with Crippen LogP contribution in [0.3, 0.4) is 0 Å². The molecule has 0 spiro atoms. The third kappa shape index (κ3) is 3.90. The molecule has 0 fully saturated rings. The number of para-hydroxylation sites is 1. The van der Waals surface area contributed by atoms with Gasteiger partial charge in [-0.15, -0.1) is 0 Å². The van der Waals surface area contributed by atoms with Gasteiger partial charge in [0.2, 0.25) is 10.0 Å². The first-order chi connectivity index (χ1) is 11.4. The maximum atomic E-state index is 12.6. The van der Waals surface area contributed by atoms with E-state index in [-0.39, 0.29) is 17.1 Å². The molecule has 0 aliphatic heterocycles. The Hall–Kier alpha value is -2.45. The van der Waals surface area contributed by atoms with Crippen LogP contribution in [0.15, 0.2) is 53.4 Å². The number of nitro benzene ring substituents is 1. The van der Waals surface area contributed by atoms with Crippen molar-refractivity contribution < 1.29 is 18.1 Å². The van der Waals surface area contributed by atoms with Crippen molar-refractivity contribution in [2.75, 3.05) is 13.7 Å². The zero-order valence-corrected chi connectivity index (χ0v) is 14.2. The standard InChI is InChI=1S/C16H18N2O5S/c1-3-23-14-8-10-15(11-9-14)24(21,22)17(2)12-13-6-4-5-7-16(13)18(19)20/h4-11H,3,12H2,1-2H3. The Kier molecular flexibility index (Phi) is 5.53. The van der Waals surface area contributed by atoms with Gasteiger partial charge >= 0.3 is 0 Å². The summed E-state index contributed by atoms with van der Waals surface area (Å²) in [5.74, 6) is 0.581. The van der Waals surface area contributed by atoms with Gasteiger partial charge in [-0.05, 0) is 31.2 Å². The minimum atomic E-state index is -3.76. The second kappa shape index (κ2) is 7.41. The Balaban J connectivity index is 2.25. The van der Waals surface area contributed by atoms with Gasteiger partial charge in [-0.3, -0.25) is 10.1 Å². The fourth-order valence-corrected chi connectivity index (χ4v) is 3.35. The molecule has 24 heavy (non-hydrogen) atoms. The van der Waals surface area contributed by atoms with E-state index in [0.29, 0.717) is 17.9 Å². The number of nitro groups is 1. The molecule has 2 aromatic rings. The zero-order valence-electron chi connectivity index (χ0n) is 13.4. The fourth-order valence-electron chi connectivity index (χ4n) is 2.20. The monoisotopic (exact) mass is 350 g/mol. The molecule has 0 radical (unpaired) electrons. The third-order valence-corrected chi connectivity index (χ3v) is 5.24. The number of rotatable bonds is 7. The van der Waals surface area contributed by atoms with E-state index >= 15 is 0 Å². The molecule has 0 aromatic heterocycles. The summed E-state index contributed by atoms with van der Waals surface area (Å²) in [5, 5.41) is 11.0. The van der Waals surface area contributed by atoms with Gasteiger partial charge in [-0.1, -0.05) is 18.2 Å². The third-order valence-electron chi connectivity index (χ3n) is 3.42. The average Bonchev–Trinajstić information content (AvgIpc) is 2.56. The summed E-state index contributed by atoms with van der Waals surface area (Å²) in [6, 6.07) is 12.1. The van der Waals surface area contributed by atoms with Crippen molar-refractivity contribution >= 4 is 15.7 Å². The van der Waals surface area contributed by atoms with Crippen LogP contribution in [0.2, 0.25) is 0 Å². The molecule has 0 amide bonds. The molecule has 7 nitrogen and oxygen atoms in total. The van der Waals surface area contributed by atoms with Crippen molar-refractivity contribution in [3.63, 3.8) is 0 Å². The quantitative estimate of drug-likeness (QED) is 0.566. The van der Waals surface area contributed by atoms with Crippen LogP contribution in [-0.4, -0.2) is 31.3 Å². The molecule has 0 heterocycles. The highest BCUT2D eigenvalue weighted by atomic mass is 32.2. The first kappa shape index (κ1) is 17.9. The van der Waals surface area contributed by atoms with E-state index in [1.165, 1.54) is 25.2 Å². The second-order valence-corrected chi connectivity index (χ2v) is 7.10. The van der Waals surface area contributed by atoms with Gasteiger partial charge in [0.05, 0.1) is 16.4 Å². The van der Waals surface area contributed by atoms with Crippen molar-refractivity contribution in [2.45, 2.75) is 18.4 Å². The smallest absolute Gasteiger partial charge is 0.273 e. The van der Waals surface area contributed by atoms with Crippen LogP contribution < -0.4 is 4.74 Å². The van der Waals surface area contributed by atoms with E-state index in [1.54, 1.807) is 30.3 Å². The normalized spacial score (nSPS) is 11.5. The van der Waals surface area contributed by atoms with Crippen molar-refractivity contribution in [1.82, 2.24) is 4.31 Å². The van der Waals surface area contributed by atoms with Gasteiger partial charge in [0.15, 0.2) is 0 Å². The summed E-state index contributed by atoms with van der Waals surface area (Å²) < 4.78 is 31.6. The molecule has 128 valence electrons. The highest BCUT2D eigenvalue weighted by Gasteiger charge is 2.23. The summed E-state index contributed by atoms with van der Waals surface area (Å²) in [6.07, 6.45) is 0. The van der Waals surface area contributed by atoms with Crippen molar-refractivity contribution in [1.29, 1.82) is 0 Å². The highest BCUT2D eigenvalue weighted by Crippen LogP contribution is 2.23. The molecule has 0 saturated carbocycles. The van der Waals surface area contributed by atoms with Gasteiger partial charge in [0.25, 0.3) is 5.69 Å². The Morgan fingerprint density at radius 1 is 1.12 bits per heavy atom. The number of hydrogen-bond donors (Lipinski definition) is 0. The summed E-state index contributed by atoms with van der Waals surface area (Å²) >= 11 is 0. The summed E-state index contributed by atoms with van der Waals surface area (Å²) in [7, 11) is -2.36. The van der Waals surface area contributed by atoms with Crippen LogP contribution >= 0.6 is 0 Å². The van der Waals surface area contributed by atoms with E-state index in [4.69, 9.17) is 4.74 Å². The van der Waals surface area contributed by atoms with Crippen LogP contribution in [0.4, 0.5) is 5.69 Å². The van der Waals surface area contributed by atoms with Crippen LogP contribution in [0.25, 0.3) is 0 Å². The molecule has 2 rings (SSSR count). The number of benzene rings is 2. The molecule has 8 heteroatoms. The lowest BCUT2D eigenvalue weighted by molar-refractivity contribution is -0.385. The molecule has 0 atom stereocenters. The fraction of sp³-hybridized carbons (Fsp3) is 0.250. The molecule has 0 bridgehead atoms. The number of ether oxygens (including phenoxy) is 1. The summed E-state index contributed by atoms with van der Waals surface area (Å²) in [6.45, 7) is 2.24. The lowest BCUT2D eigenvalue weighted by atomic mass is 10.2. The molecular formula is C16H18N2O5S. The largest absolute Gasteiger partial charge is 0.494 e. The van der Waals surface area contributed by atoms with Gasteiger partial charge in [-0.2, -0.15) is 4.31 Å². The first-order valence-electron chi connectivity index (χ1n) is 7.27. The Labute approximate surface area is 140 Å². The predicted molar refractivity (Wildman–Crippen MR) is 89.4 cm³/mol. The van der Waals surface area contributed by atoms with E-state index in [0.717, 1.165) is 4.31 Å². The lowest BCUT2D eigenvalue weighted by Gasteiger charge is -2.17. The predicted octanol–water partition coefficient (Wildman–Crippen LogP) is 2.81. The molecule has 0 aliphatic carbocycles. The second-order valence-electron chi connectivity index (χ2n) is 5.05. The van der Waals surface area contributed by atoms with Gasteiger partial charge in [-0.25, -0.2) is 8.42 Å². The average molecular weight is 350 g/mol. The Morgan fingerprint density at radius 3 is 2.33 bits per heavy atom. The Morgan fingerprint density at radius 2 is 1.75 bits per heavy atom. The van der Waals surface area contributed by atoms with Crippen LogP contribution in [0.1, 0.15) is 12.5 Å². The number of hydrogen-bond acceptors (Lipinski definition) is 5. The topological polar surface area (TPSA) is 89.8 Å². The van der Waals surface area contributed by atoms with Gasteiger partial charge < -0.3 is 4.74 Å². The van der Waals surface area contributed by atoms with Crippen molar-refractivity contribution in [3.8, 4) is 5.75 Å². The van der Waals surface area contributed by atoms with Crippen LogP contribution in [0, 0.1) is 10.1 Å². The molecular weight excluding hydrogens is 332 g/mol. The summed E-state index contributed by atoms with van der Waals surface area (Å²) in [4.78, 5) is 10.6. The molecule has 0 N–H and O–H groups in total. The minimum absolute atomic E-state index is 0.0906. The maximum absolute atomic E-state index is 12.6. The van der Waals surface area contributed by atoms with Crippen molar-refractivity contribution in [3.05, 3.63) is 64.2 Å². The van der Waals surface area contributed by atoms with E-state index in [2.05, 4.69) is 0 Å². The Bertz CT molecular complexity index is 819. The van der Waals surface area contributed by atoms with Gasteiger partial charge in [0, 0.05) is 25.2 Å². The number of nitrogens with zero attached hydrogens (tertiary/aromatic N) is 2. The van der Waals surface area contributed by atoms with Gasteiger partial charge in [0.1, 0.15) is 5.75 Å². The molecule has 2 aromatic carbocycles. The first-order valence-corrected chi connectivity index (χ1v) is 8.71. The zero-order chi connectivity index (χ0) is 17.7. The van der Waals surface area contributed by atoms with Crippen molar-refractivity contribution in [2.24, 2.45) is 0 Å². The van der Waals surface area contributed by atoms with Crippen LogP contribution in [-0.2, 0) is 16.6 Å².